The second-order valence-electron chi connectivity index (χ2n) is 7.27. The molecule has 1 fully saturated rings. The molecule has 5 atom stereocenters. The zero-order valence-corrected chi connectivity index (χ0v) is 13.3. The van der Waals surface area contributed by atoms with Gasteiger partial charge in [-0.15, -0.1) is 0 Å². The summed E-state index contributed by atoms with van der Waals surface area (Å²) in [5, 5.41) is 22.3. The maximum atomic E-state index is 11.7. The largest absolute Gasteiger partial charge is 0.493 e. The van der Waals surface area contributed by atoms with Crippen LogP contribution < -0.4 is 9.47 Å². The van der Waals surface area contributed by atoms with Crippen LogP contribution in [0, 0.1) is 0 Å². The summed E-state index contributed by atoms with van der Waals surface area (Å²) in [5.41, 5.74) is 0.647. The van der Waals surface area contributed by atoms with E-state index in [9.17, 15) is 10.2 Å². The van der Waals surface area contributed by atoms with Gasteiger partial charge in [-0.05, 0) is 38.1 Å². The van der Waals surface area contributed by atoms with Crippen molar-refractivity contribution in [2.24, 2.45) is 0 Å². The standard InChI is InChI=1S/C18H21NO4/c1-19-8-7-17-14-10-3-4-12(22-2)15(14)23-16(17)11(20)5-6-18(17,21)13(19)9-10/h3-6,11,13,16,20-21H,7-9H2,1-2H3/t11-,13+,16-,17-,18+/m0/s1. The molecule has 2 bridgehead atoms. The molecule has 1 aromatic rings. The van der Waals surface area contributed by atoms with Crippen LogP contribution in [0.3, 0.4) is 0 Å². The number of aliphatic hydroxyl groups excluding tert-OH is 1. The molecule has 1 spiro atoms. The van der Waals surface area contributed by atoms with Crippen molar-refractivity contribution in [3.05, 3.63) is 35.4 Å². The lowest BCUT2D eigenvalue weighted by atomic mass is 9.50. The van der Waals surface area contributed by atoms with Crippen LogP contribution >= 0.6 is 0 Å². The third-order valence-corrected chi connectivity index (χ3v) is 6.49. The molecule has 2 N–H and O–H groups in total. The van der Waals surface area contributed by atoms with E-state index in [0.717, 1.165) is 24.9 Å². The first-order valence-corrected chi connectivity index (χ1v) is 8.20. The SMILES string of the molecule is COc1ccc2c3c1O[C@H]1[C@@H](O)C=C[C@@]4(O)[C@@H](C2)N(C)CC[C@]314. The van der Waals surface area contributed by atoms with Crippen LogP contribution in [0.2, 0.25) is 0 Å². The summed E-state index contributed by atoms with van der Waals surface area (Å²) in [6, 6.07) is 4.02. The quantitative estimate of drug-likeness (QED) is 0.744. The van der Waals surface area contributed by atoms with Crippen LogP contribution in [0.1, 0.15) is 17.5 Å². The minimum Gasteiger partial charge on any atom is -0.493 e. The topological polar surface area (TPSA) is 62.2 Å². The lowest BCUT2D eigenvalue weighted by molar-refractivity contribution is -0.151. The Kier molecular flexibility index (Phi) is 2.46. The number of likely N-dealkylation sites (N-methyl/N-ethyl adjacent to an activating group) is 1. The summed E-state index contributed by atoms with van der Waals surface area (Å²) in [4.78, 5) is 2.23. The molecule has 0 saturated carbocycles. The molecule has 1 saturated heterocycles. The van der Waals surface area contributed by atoms with Crippen LogP contribution in [0.15, 0.2) is 24.3 Å². The van der Waals surface area contributed by atoms with E-state index in [0.29, 0.717) is 11.5 Å². The molecule has 5 rings (SSSR count). The third-order valence-electron chi connectivity index (χ3n) is 6.49. The number of nitrogens with zero attached hydrogens (tertiary/aromatic N) is 1. The molecule has 0 unspecified atom stereocenters. The molecule has 1 aromatic carbocycles. The van der Waals surface area contributed by atoms with Gasteiger partial charge in [-0.2, -0.15) is 0 Å². The molecule has 23 heavy (non-hydrogen) atoms. The average molecular weight is 315 g/mol. The van der Waals surface area contributed by atoms with Gasteiger partial charge < -0.3 is 19.7 Å². The van der Waals surface area contributed by atoms with Crippen LogP contribution in [-0.4, -0.2) is 59.7 Å². The first-order chi connectivity index (χ1) is 11.0. The predicted molar refractivity (Wildman–Crippen MR) is 83.9 cm³/mol. The molecule has 5 heteroatoms. The van der Waals surface area contributed by atoms with Gasteiger partial charge in [0.25, 0.3) is 0 Å². The van der Waals surface area contributed by atoms with E-state index in [2.05, 4.69) is 18.0 Å². The van der Waals surface area contributed by atoms with Crippen LogP contribution in [0.5, 0.6) is 11.5 Å². The number of hydrogen-bond donors (Lipinski definition) is 2. The van der Waals surface area contributed by atoms with Gasteiger partial charge >= 0.3 is 0 Å². The predicted octanol–water partition coefficient (Wildman–Crippen LogP) is 0.616. The highest BCUT2D eigenvalue weighted by Gasteiger charge is 2.71. The Morgan fingerprint density at radius 1 is 1.39 bits per heavy atom. The van der Waals surface area contributed by atoms with Gasteiger partial charge in [-0.3, -0.25) is 4.90 Å². The molecule has 5 nitrogen and oxygen atoms in total. The van der Waals surface area contributed by atoms with Gasteiger partial charge in [0.15, 0.2) is 11.5 Å². The molecule has 122 valence electrons. The second kappa shape index (κ2) is 4.09. The van der Waals surface area contributed by atoms with Gasteiger partial charge in [0.05, 0.1) is 12.5 Å². The van der Waals surface area contributed by atoms with Gasteiger partial charge in [-0.1, -0.05) is 18.2 Å². The zero-order chi connectivity index (χ0) is 16.0. The molecule has 4 aliphatic rings. The Morgan fingerprint density at radius 2 is 2.22 bits per heavy atom. The molecular weight excluding hydrogens is 294 g/mol. The van der Waals surface area contributed by atoms with Crippen molar-refractivity contribution in [3.63, 3.8) is 0 Å². The number of piperidine rings is 1. The van der Waals surface area contributed by atoms with E-state index < -0.39 is 23.2 Å². The molecular formula is C18H21NO4. The van der Waals surface area contributed by atoms with Crippen LogP contribution in [0.4, 0.5) is 0 Å². The van der Waals surface area contributed by atoms with E-state index in [1.54, 1.807) is 13.2 Å². The first kappa shape index (κ1) is 13.8. The highest BCUT2D eigenvalue weighted by Crippen LogP contribution is 2.63. The Labute approximate surface area is 135 Å². The highest BCUT2D eigenvalue weighted by atomic mass is 16.5. The van der Waals surface area contributed by atoms with Crippen molar-refractivity contribution in [1.82, 2.24) is 4.90 Å². The smallest absolute Gasteiger partial charge is 0.166 e. The second-order valence-corrected chi connectivity index (χ2v) is 7.27. The van der Waals surface area contributed by atoms with E-state index in [1.165, 1.54) is 5.56 Å². The van der Waals surface area contributed by atoms with Crippen LogP contribution in [0.25, 0.3) is 0 Å². The van der Waals surface area contributed by atoms with Gasteiger partial charge in [0.1, 0.15) is 17.8 Å². The third kappa shape index (κ3) is 1.32. The maximum absolute atomic E-state index is 11.7. The average Bonchev–Trinajstić information content (AvgIpc) is 2.90. The summed E-state index contributed by atoms with van der Waals surface area (Å²) in [7, 11) is 3.69. The fraction of sp³-hybridized carbons (Fsp3) is 0.556. The fourth-order valence-electron chi connectivity index (χ4n) is 5.44. The Balaban J connectivity index is 1.87. The summed E-state index contributed by atoms with van der Waals surface area (Å²) in [6.07, 6.45) is 3.86. The minimum atomic E-state index is -1.02. The lowest BCUT2D eigenvalue weighted by Crippen LogP contribution is -2.75. The van der Waals surface area contributed by atoms with E-state index in [-0.39, 0.29) is 6.04 Å². The van der Waals surface area contributed by atoms with E-state index in [4.69, 9.17) is 9.47 Å². The van der Waals surface area contributed by atoms with Crippen molar-refractivity contribution in [3.8, 4) is 11.5 Å². The Bertz CT molecular complexity index is 732. The van der Waals surface area contributed by atoms with Gasteiger partial charge in [0, 0.05) is 11.6 Å². The molecule has 2 aliphatic heterocycles. The van der Waals surface area contributed by atoms with Gasteiger partial charge in [-0.25, -0.2) is 0 Å². The monoisotopic (exact) mass is 315 g/mol. The maximum Gasteiger partial charge on any atom is 0.166 e. The lowest BCUT2D eigenvalue weighted by Gasteiger charge is -2.61. The summed E-state index contributed by atoms with van der Waals surface area (Å²) >= 11 is 0. The summed E-state index contributed by atoms with van der Waals surface area (Å²) in [6.45, 7) is 0.878. The zero-order valence-electron chi connectivity index (χ0n) is 13.3. The molecule has 2 heterocycles. The molecule has 0 amide bonds. The Hall–Kier alpha value is -1.56. The highest BCUT2D eigenvalue weighted by molar-refractivity contribution is 5.64. The van der Waals surface area contributed by atoms with Gasteiger partial charge in [0.2, 0.25) is 0 Å². The number of likely N-dealkylation sites (tertiary alicyclic amines) is 1. The fourth-order valence-corrected chi connectivity index (χ4v) is 5.44. The molecule has 0 aromatic heterocycles. The number of aliphatic hydroxyl groups is 2. The molecule has 0 radical (unpaired) electrons. The van der Waals surface area contributed by atoms with Crippen molar-refractivity contribution < 1.29 is 19.7 Å². The summed E-state index contributed by atoms with van der Waals surface area (Å²) in [5.74, 6) is 1.39. The first-order valence-electron chi connectivity index (χ1n) is 8.20. The summed E-state index contributed by atoms with van der Waals surface area (Å²) < 4.78 is 11.7. The van der Waals surface area contributed by atoms with Crippen molar-refractivity contribution in [1.29, 1.82) is 0 Å². The number of ether oxygens (including phenoxy) is 2. The Morgan fingerprint density at radius 3 is 3.00 bits per heavy atom. The number of rotatable bonds is 1. The number of hydrogen-bond acceptors (Lipinski definition) is 5. The van der Waals surface area contributed by atoms with Crippen molar-refractivity contribution in [2.45, 2.75) is 42.1 Å². The van der Waals surface area contributed by atoms with E-state index >= 15 is 0 Å². The van der Waals surface area contributed by atoms with Crippen molar-refractivity contribution >= 4 is 0 Å². The van der Waals surface area contributed by atoms with Crippen molar-refractivity contribution in [2.75, 3.05) is 20.7 Å². The normalized spacial score (nSPS) is 43.0. The minimum absolute atomic E-state index is 0.00190. The van der Waals surface area contributed by atoms with Crippen LogP contribution in [-0.2, 0) is 11.8 Å². The van der Waals surface area contributed by atoms with E-state index in [1.807, 2.05) is 12.1 Å². The number of benzene rings is 1. The molecule has 2 aliphatic carbocycles. The number of methoxy groups -OCH3 is 1.